The Kier molecular flexibility index (Phi) is 3.62. The molecule has 3 rings (SSSR count). The molecule has 3 aromatic rings. The summed E-state index contributed by atoms with van der Waals surface area (Å²) in [5, 5.41) is 8.19. The van der Waals surface area contributed by atoms with Gasteiger partial charge in [0.25, 0.3) is 0 Å². The van der Waals surface area contributed by atoms with Gasteiger partial charge in [0, 0.05) is 16.1 Å². The molecular weight excluding hydrogens is 317 g/mol. The number of hydrogen-bond donors (Lipinski definition) is 0. The first kappa shape index (κ1) is 14.6. The molecule has 7 heteroatoms. The summed E-state index contributed by atoms with van der Waals surface area (Å²) >= 11 is 5.79. The fraction of sp³-hybridized carbons (Fsp3) is 0.0667. The first-order valence-electron chi connectivity index (χ1n) is 6.20. The van der Waals surface area contributed by atoms with Crippen molar-refractivity contribution < 1.29 is 17.6 Å². The molecule has 0 saturated heterocycles. The lowest BCUT2D eigenvalue weighted by atomic mass is 10.1. The molecule has 0 aliphatic carbocycles. The van der Waals surface area contributed by atoms with Crippen molar-refractivity contribution in [3.63, 3.8) is 0 Å². The second-order valence-corrected chi connectivity index (χ2v) is 4.93. The largest absolute Gasteiger partial charge is 0.416 e. The summed E-state index contributed by atoms with van der Waals surface area (Å²) < 4.78 is 43.6. The molecule has 0 unspecified atom stereocenters. The molecule has 0 bridgehead atoms. The van der Waals surface area contributed by atoms with E-state index in [2.05, 4.69) is 10.2 Å². The molecule has 0 saturated carbocycles. The highest BCUT2D eigenvalue weighted by Crippen LogP contribution is 2.32. The van der Waals surface area contributed by atoms with Crippen molar-refractivity contribution >= 4 is 11.6 Å². The maximum atomic E-state index is 12.7. The third-order valence-corrected chi connectivity index (χ3v) is 3.20. The van der Waals surface area contributed by atoms with E-state index in [0.29, 0.717) is 10.6 Å². The standard InChI is InChI=1S/C15H8ClF3N2O/c16-12-6-4-9(5-7-12)13-20-21-14(22-13)10-2-1-3-11(8-10)15(17,18)19/h1-8H. The maximum Gasteiger partial charge on any atom is 0.416 e. The van der Waals surface area contributed by atoms with Crippen LogP contribution >= 0.6 is 11.6 Å². The van der Waals surface area contributed by atoms with Crippen molar-refractivity contribution in [2.45, 2.75) is 6.18 Å². The van der Waals surface area contributed by atoms with E-state index >= 15 is 0 Å². The van der Waals surface area contributed by atoms with Gasteiger partial charge < -0.3 is 4.42 Å². The van der Waals surface area contributed by atoms with Crippen LogP contribution in [0, 0.1) is 0 Å². The molecule has 3 nitrogen and oxygen atoms in total. The van der Waals surface area contributed by atoms with Crippen LogP contribution < -0.4 is 0 Å². The van der Waals surface area contributed by atoms with Gasteiger partial charge in [-0.05, 0) is 42.5 Å². The van der Waals surface area contributed by atoms with Crippen LogP contribution in [0.3, 0.4) is 0 Å². The van der Waals surface area contributed by atoms with Gasteiger partial charge in [-0.3, -0.25) is 0 Å². The van der Waals surface area contributed by atoms with Gasteiger partial charge in [-0.15, -0.1) is 10.2 Å². The lowest BCUT2D eigenvalue weighted by Gasteiger charge is -2.06. The molecule has 0 atom stereocenters. The zero-order chi connectivity index (χ0) is 15.7. The summed E-state index contributed by atoms with van der Waals surface area (Å²) in [7, 11) is 0. The first-order valence-corrected chi connectivity index (χ1v) is 6.58. The maximum absolute atomic E-state index is 12.7. The highest BCUT2D eigenvalue weighted by Gasteiger charge is 2.30. The van der Waals surface area contributed by atoms with Crippen molar-refractivity contribution in [2.24, 2.45) is 0 Å². The Morgan fingerprint density at radius 3 is 2.14 bits per heavy atom. The highest BCUT2D eigenvalue weighted by atomic mass is 35.5. The topological polar surface area (TPSA) is 38.9 Å². The highest BCUT2D eigenvalue weighted by molar-refractivity contribution is 6.30. The summed E-state index contributed by atoms with van der Waals surface area (Å²) in [5.41, 5.74) is 0.0777. The molecule has 0 fully saturated rings. The molecule has 1 aromatic heterocycles. The third kappa shape index (κ3) is 2.96. The normalized spacial score (nSPS) is 11.6. The third-order valence-electron chi connectivity index (χ3n) is 2.95. The van der Waals surface area contributed by atoms with Crippen LogP contribution in [0.2, 0.25) is 5.02 Å². The molecule has 22 heavy (non-hydrogen) atoms. The number of aromatic nitrogens is 2. The van der Waals surface area contributed by atoms with Gasteiger partial charge in [-0.2, -0.15) is 13.2 Å². The van der Waals surface area contributed by atoms with Gasteiger partial charge in [0.05, 0.1) is 5.56 Å². The quantitative estimate of drug-likeness (QED) is 0.660. The molecule has 112 valence electrons. The minimum absolute atomic E-state index is 0.0241. The number of alkyl halides is 3. The van der Waals surface area contributed by atoms with E-state index in [1.807, 2.05) is 0 Å². The number of nitrogens with zero attached hydrogens (tertiary/aromatic N) is 2. The molecule has 0 radical (unpaired) electrons. The van der Waals surface area contributed by atoms with Crippen LogP contribution in [0.15, 0.2) is 52.9 Å². The average molecular weight is 325 g/mol. The van der Waals surface area contributed by atoms with Crippen LogP contribution in [0.25, 0.3) is 22.9 Å². The average Bonchev–Trinajstić information content (AvgIpc) is 2.97. The van der Waals surface area contributed by atoms with E-state index in [-0.39, 0.29) is 17.3 Å². The Morgan fingerprint density at radius 1 is 0.864 bits per heavy atom. The van der Waals surface area contributed by atoms with Crippen molar-refractivity contribution in [3.8, 4) is 22.9 Å². The number of rotatable bonds is 2. The van der Waals surface area contributed by atoms with Crippen molar-refractivity contribution in [2.75, 3.05) is 0 Å². The van der Waals surface area contributed by atoms with Crippen molar-refractivity contribution in [1.29, 1.82) is 0 Å². The van der Waals surface area contributed by atoms with Gasteiger partial charge in [0.1, 0.15) is 0 Å². The monoisotopic (exact) mass is 324 g/mol. The predicted octanol–water partition coefficient (Wildman–Crippen LogP) is 5.08. The Hall–Kier alpha value is -2.34. The van der Waals surface area contributed by atoms with Gasteiger partial charge in [-0.1, -0.05) is 17.7 Å². The molecule has 1 heterocycles. The molecule has 0 amide bonds. The van der Waals surface area contributed by atoms with Crippen LogP contribution in [-0.2, 0) is 6.18 Å². The Labute approximate surface area is 128 Å². The van der Waals surface area contributed by atoms with Crippen LogP contribution in [-0.4, -0.2) is 10.2 Å². The molecule has 0 aliphatic heterocycles. The van der Waals surface area contributed by atoms with E-state index in [9.17, 15) is 13.2 Å². The fourth-order valence-electron chi connectivity index (χ4n) is 1.88. The van der Waals surface area contributed by atoms with E-state index in [1.165, 1.54) is 12.1 Å². The Morgan fingerprint density at radius 2 is 1.50 bits per heavy atom. The van der Waals surface area contributed by atoms with E-state index in [4.69, 9.17) is 16.0 Å². The molecule has 0 N–H and O–H groups in total. The first-order chi connectivity index (χ1) is 10.4. The zero-order valence-corrected chi connectivity index (χ0v) is 11.7. The van der Waals surface area contributed by atoms with Crippen LogP contribution in [0.4, 0.5) is 13.2 Å². The van der Waals surface area contributed by atoms with E-state index in [0.717, 1.165) is 12.1 Å². The summed E-state index contributed by atoms with van der Waals surface area (Å²) in [4.78, 5) is 0. The smallest absolute Gasteiger partial charge is 0.416 e. The molecule has 0 aliphatic rings. The summed E-state index contributed by atoms with van der Waals surface area (Å²) in [5.74, 6) is 0.236. The van der Waals surface area contributed by atoms with Crippen LogP contribution in [0.1, 0.15) is 5.56 Å². The predicted molar refractivity (Wildman–Crippen MR) is 75.2 cm³/mol. The molecular formula is C15H8ClF3N2O. The minimum Gasteiger partial charge on any atom is -0.416 e. The fourth-order valence-corrected chi connectivity index (χ4v) is 2.00. The number of halogens is 4. The lowest BCUT2D eigenvalue weighted by Crippen LogP contribution is -2.04. The van der Waals surface area contributed by atoms with Gasteiger partial charge >= 0.3 is 6.18 Å². The summed E-state index contributed by atoms with van der Waals surface area (Å²) in [6, 6.07) is 11.4. The van der Waals surface area contributed by atoms with Crippen molar-refractivity contribution in [1.82, 2.24) is 10.2 Å². The molecule has 0 spiro atoms. The molecule has 2 aromatic carbocycles. The summed E-state index contributed by atoms with van der Waals surface area (Å²) in [6.07, 6.45) is -4.42. The van der Waals surface area contributed by atoms with Gasteiger partial charge in [-0.25, -0.2) is 0 Å². The van der Waals surface area contributed by atoms with E-state index in [1.54, 1.807) is 24.3 Å². The number of hydrogen-bond acceptors (Lipinski definition) is 3. The van der Waals surface area contributed by atoms with Gasteiger partial charge in [0.15, 0.2) is 0 Å². The minimum atomic E-state index is -4.42. The second-order valence-electron chi connectivity index (χ2n) is 4.50. The van der Waals surface area contributed by atoms with Gasteiger partial charge in [0.2, 0.25) is 11.8 Å². The van der Waals surface area contributed by atoms with E-state index < -0.39 is 11.7 Å². The Bertz CT molecular complexity index is 797. The van der Waals surface area contributed by atoms with Crippen LogP contribution in [0.5, 0.6) is 0 Å². The van der Waals surface area contributed by atoms with Crippen molar-refractivity contribution in [3.05, 3.63) is 59.1 Å². The SMILES string of the molecule is FC(F)(F)c1cccc(-c2nnc(-c3ccc(Cl)cc3)o2)c1. The number of benzene rings is 2. The second kappa shape index (κ2) is 5.46. The Balaban J connectivity index is 1.96. The zero-order valence-electron chi connectivity index (χ0n) is 10.9. The lowest BCUT2D eigenvalue weighted by molar-refractivity contribution is -0.137. The summed E-state index contributed by atoms with van der Waals surface area (Å²) in [6.45, 7) is 0.